The van der Waals surface area contributed by atoms with Crippen LogP contribution in [0.4, 0.5) is 11.4 Å². The monoisotopic (exact) mass is 370 g/mol. The SMILES string of the molecule is CC(=O)Nc1cccc(NC(=O)COC(=O)COc2cc(C)ccc2C)c1. The van der Waals surface area contributed by atoms with Crippen molar-refractivity contribution in [2.45, 2.75) is 20.8 Å². The van der Waals surface area contributed by atoms with Gasteiger partial charge in [-0.05, 0) is 49.2 Å². The average molecular weight is 370 g/mol. The average Bonchev–Trinajstić information content (AvgIpc) is 2.60. The molecule has 2 aromatic rings. The molecule has 0 saturated carbocycles. The maximum absolute atomic E-state index is 11.9. The van der Waals surface area contributed by atoms with Crippen LogP contribution >= 0.6 is 0 Å². The van der Waals surface area contributed by atoms with E-state index in [1.807, 2.05) is 32.0 Å². The molecule has 2 amide bonds. The van der Waals surface area contributed by atoms with Gasteiger partial charge in [0.25, 0.3) is 5.91 Å². The molecular formula is C20H22N2O5. The highest BCUT2D eigenvalue weighted by Crippen LogP contribution is 2.19. The first-order valence-corrected chi connectivity index (χ1v) is 8.36. The number of anilines is 2. The van der Waals surface area contributed by atoms with Crippen molar-refractivity contribution in [2.24, 2.45) is 0 Å². The molecule has 0 unspecified atom stereocenters. The Morgan fingerprint density at radius 3 is 2.33 bits per heavy atom. The molecule has 0 radical (unpaired) electrons. The molecule has 0 aliphatic heterocycles. The summed E-state index contributed by atoms with van der Waals surface area (Å²) in [4.78, 5) is 34.7. The van der Waals surface area contributed by atoms with Gasteiger partial charge >= 0.3 is 5.97 Å². The lowest BCUT2D eigenvalue weighted by molar-refractivity contribution is -0.149. The maximum atomic E-state index is 11.9. The van der Waals surface area contributed by atoms with Crippen molar-refractivity contribution >= 4 is 29.2 Å². The van der Waals surface area contributed by atoms with Gasteiger partial charge in [-0.15, -0.1) is 0 Å². The van der Waals surface area contributed by atoms with E-state index in [4.69, 9.17) is 9.47 Å². The second kappa shape index (κ2) is 9.38. The summed E-state index contributed by atoms with van der Waals surface area (Å²) >= 11 is 0. The fourth-order valence-corrected chi connectivity index (χ4v) is 2.26. The summed E-state index contributed by atoms with van der Waals surface area (Å²) in [5.74, 6) is -0.740. The van der Waals surface area contributed by atoms with Crippen molar-refractivity contribution in [3.8, 4) is 5.75 Å². The number of amides is 2. The molecule has 27 heavy (non-hydrogen) atoms. The van der Waals surface area contributed by atoms with Crippen molar-refractivity contribution < 1.29 is 23.9 Å². The van der Waals surface area contributed by atoms with E-state index >= 15 is 0 Å². The van der Waals surface area contributed by atoms with Crippen LogP contribution in [-0.4, -0.2) is 31.0 Å². The third-order valence-corrected chi connectivity index (χ3v) is 3.52. The molecule has 0 heterocycles. The Morgan fingerprint density at radius 1 is 0.926 bits per heavy atom. The molecule has 142 valence electrons. The standard InChI is InChI=1S/C20H22N2O5/c1-13-7-8-14(2)18(9-13)26-12-20(25)27-11-19(24)22-17-6-4-5-16(10-17)21-15(3)23/h4-10H,11-12H2,1-3H3,(H,21,23)(H,22,24). The lowest BCUT2D eigenvalue weighted by Gasteiger charge is -2.10. The third-order valence-electron chi connectivity index (χ3n) is 3.52. The predicted octanol–water partition coefficient (Wildman–Crippen LogP) is 2.82. The minimum Gasteiger partial charge on any atom is -0.482 e. The number of hydrogen-bond donors (Lipinski definition) is 2. The summed E-state index contributed by atoms with van der Waals surface area (Å²) in [5, 5.41) is 5.21. The highest BCUT2D eigenvalue weighted by Gasteiger charge is 2.10. The topological polar surface area (TPSA) is 93.7 Å². The molecule has 0 bridgehead atoms. The number of benzene rings is 2. The van der Waals surface area contributed by atoms with E-state index in [1.165, 1.54) is 6.92 Å². The van der Waals surface area contributed by atoms with Crippen molar-refractivity contribution in [2.75, 3.05) is 23.8 Å². The minimum atomic E-state index is -0.641. The molecule has 0 fully saturated rings. The lowest BCUT2D eigenvalue weighted by Crippen LogP contribution is -2.23. The number of esters is 1. The smallest absolute Gasteiger partial charge is 0.344 e. The minimum absolute atomic E-state index is 0.212. The van der Waals surface area contributed by atoms with Crippen LogP contribution in [0.15, 0.2) is 42.5 Å². The number of carbonyl (C=O) groups is 3. The number of aryl methyl sites for hydroxylation is 2. The van der Waals surface area contributed by atoms with Gasteiger partial charge in [-0.25, -0.2) is 4.79 Å². The number of carbonyl (C=O) groups excluding carboxylic acids is 3. The second-order valence-electron chi connectivity index (χ2n) is 6.03. The van der Waals surface area contributed by atoms with Crippen LogP contribution in [0, 0.1) is 13.8 Å². The van der Waals surface area contributed by atoms with Crippen LogP contribution in [0.5, 0.6) is 5.75 Å². The molecule has 0 aliphatic carbocycles. The molecule has 0 saturated heterocycles. The first-order chi connectivity index (χ1) is 12.8. The number of ether oxygens (including phenoxy) is 2. The summed E-state index contributed by atoms with van der Waals surface area (Å²) in [7, 11) is 0. The molecule has 2 aromatic carbocycles. The van der Waals surface area contributed by atoms with E-state index in [1.54, 1.807) is 24.3 Å². The summed E-state index contributed by atoms with van der Waals surface area (Å²) in [6, 6.07) is 12.3. The first-order valence-electron chi connectivity index (χ1n) is 8.36. The Kier molecular flexibility index (Phi) is 6.93. The zero-order valence-electron chi connectivity index (χ0n) is 15.5. The van der Waals surface area contributed by atoms with Crippen LogP contribution in [0.3, 0.4) is 0 Å². The van der Waals surface area contributed by atoms with Crippen molar-refractivity contribution in [3.05, 3.63) is 53.6 Å². The zero-order valence-corrected chi connectivity index (χ0v) is 15.5. The van der Waals surface area contributed by atoms with Gasteiger partial charge < -0.3 is 20.1 Å². The van der Waals surface area contributed by atoms with Gasteiger partial charge in [-0.1, -0.05) is 18.2 Å². The molecule has 0 aliphatic rings. The molecule has 2 rings (SSSR count). The Morgan fingerprint density at radius 2 is 1.63 bits per heavy atom. The molecule has 0 spiro atoms. The van der Waals surface area contributed by atoms with Gasteiger partial charge in [0.2, 0.25) is 5.91 Å². The summed E-state index contributed by atoms with van der Waals surface area (Å²) in [6.45, 7) is 4.48. The van der Waals surface area contributed by atoms with Crippen LogP contribution in [0.25, 0.3) is 0 Å². The number of rotatable bonds is 7. The molecule has 0 aromatic heterocycles. The highest BCUT2D eigenvalue weighted by atomic mass is 16.6. The van der Waals surface area contributed by atoms with E-state index in [9.17, 15) is 14.4 Å². The van der Waals surface area contributed by atoms with E-state index in [0.717, 1.165) is 11.1 Å². The van der Waals surface area contributed by atoms with Gasteiger partial charge in [-0.3, -0.25) is 9.59 Å². The van der Waals surface area contributed by atoms with E-state index in [2.05, 4.69) is 10.6 Å². The number of nitrogens with one attached hydrogen (secondary N) is 2. The van der Waals surface area contributed by atoms with Crippen LogP contribution < -0.4 is 15.4 Å². The van der Waals surface area contributed by atoms with Crippen molar-refractivity contribution in [3.63, 3.8) is 0 Å². The summed E-state index contributed by atoms with van der Waals surface area (Å²) in [5.41, 5.74) is 2.96. The van der Waals surface area contributed by atoms with Gasteiger partial charge in [0.1, 0.15) is 5.75 Å². The number of hydrogen-bond acceptors (Lipinski definition) is 5. The van der Waals surface area contributed by atoms with Crippen LogP contribution in [0.1, 0.15) is 18.1 Å². The molecule has 7 heteroatoms. The van der Waals surface area contributed by atoms with Gasteiger partial charge in [0.15, 0.2) is 13.2 Å². The Balaban J connectivity index is 1.78. The molecule has 2 N–H and O–H groups in total. The summed E-state index contributed by atoms with van der Waals surface area (Å²) in [6.07, 6.45) is 0. The maximum Gasteiger partial charge on any atom is 0.344 e. The molecular weight excluding hydrogens is 348 g/mol. The second-order valence-corrected chi connectivity index (χ2v) is 6.03. The normalized spacial score (nSPS) is 10.0. The molecule has 7 nitrogen and oxygen atoms in total. The largest absolute Gasteiger partial charge is 0.482 e. The Labute approximate surface area is 157 Å². The fraction of sp³-hybridized carbons (Fsp3) is 0.250. The Hall–Kier alpha value is -3.35. The summed E-state index contributed by atoms with van der Waals surface area (Å²) < 4.78 is 10.4. The Bertz CT molecular complexity index is 848. The molecule has 0 atom stereocenters. The van der Waals surface area contributed by atoms with Crippen molar-refractivity contribution in [1.82, 2.24) is 0 Å². The van der Waals surface area contributed by atoms with Gasteiger partial charge in [-0.2, -0.15) is 0 Å². The lowest BCUT2D eigenvalue weighted by atomic mass is 10.1. The van der Waals surface area contributed by atoms with E-state index in [-0.39, 0.29) is 12.5 Å². The third kappa shape index (κ3) is 6.81. The zero-order chi connectivity index (χ0) is 19.8. The van der Waals surface area contributed by atoms with Crippen molar-refractivity contribution in [1.29, 1.82) is 0 Å². The van der Waals surface area contributed by atoms with Gasteiger partial charge in [0.05, 0.1) is 0 Å². The van der Waals surface area contributed by atoms with E-state index < -0.39 is 18.5 Å². The van der Waals surface area contributed by atoms with Gasteiger partial charge in [0, 0.05) is 18.3 Å². The van der Waals surface area contributed by atoms with E-state index in [0.29, 0.717) is 17.1 Å². The fourth-order valence-electron chi connectivity index (χ4n) is 2.26. The quantitative estimate of drug-likeness (QED) is 0.731. The predicted molar refractivity (Wildman–Crippen MR) is 102 cm³/mol. The van der Waals surface area contributed by atoms with Crippen LogP contribution in [-0.2, 0) is 19.1 Å². The van der Waals surface area contributed by atoms with Crippen LogP contribution in [0.2, 0.25) is 0 Å². The first kappa shape index (κ1) is 20.0. The highest BCUT2D eigenvalue weighted by molar-refractivity contribution is 5.94.